The summed E-state index contributed by atoms with van der Waals surface area (Å²) in [6, 6.07) is 13.6. The van der Waals surface area contributed by atoms with Gasteiger partial charge in [-0.25, -0.2) is 4.79 Å². The molecule has 1 fully saturated rings. The minimum absolute atomic E-state index is 0.225. The van der Waals surface area contributed by atoms with Crippen molar-refractivity contribution in [2.45, 2.75) is 51.6 Å². The molecule has 0 saturated heterocycles. The number of rotatable bonds is 4. The van der Waals surface area contributed by atoms with Crippen molar-refractivity contribution in [3.63, 3.8) is 0 Å². The summed E-state index contributed by atoms with van der Waals surface area (Å²) in [6.45, 7) is 7.23. The van der Waals surface area contributed by atoms with Crippen LogP contribution in [-0.2, 0) is 14.9 Å². The van der Waals surface area contributed by atoms with Crippen LogP contribution in [0.25, 0.3) is 11.1 Å². The molecule has 0 heterocycles. The third-order valence-electron chi connectivity index (χ3n) is 4.77. The molecule has 0 unspecified atom stereocenters. The molecule has 4 heteroatoms. The predicted molar refractivity (Wildman–Crippen MR) is 106 cm³/mol. The molecule has 3 nitrogen and oxygen atoms in total. The van der Waals surface area contributed by atoms with E-state index in [1.807, 2.05) is 57.2 Å². The van der Waals surface area contributed by atoms with E-state index in [2.05, 4.69) is 15.9 Å². The largest absolute Gasteiger partial charge is 0.456 e. The van der Waals surface area contributed by atoms with Gasteiger partial charge in [0.05, 0.1) is 11.0 Å². The molecule has 0 atom stereocenters. The van der Waals surface area contributed by atoms with Crippen LogP contribution in [-0.4, -0.2) is 17.4 Å². The van der Waals surface area contributed by atoms with Crippen LogP contribution < -0.4 is 0 Å². The highest BCUT2D eigenvalue weighted by Gasteiger charge is 2.48. The van der Waals surface area contributed by atoms with Gasteiger partial charge >= 0.3 is 5.97 Å². The lowest BCUT2D eigenvalue weighted by Crippen LogP contribution is -2.24. The molecule has 0 aromatic heterocycles. The summed E-state index contributed by atoms with van der Waals surface area (Å²) in [6.07, 6.45) is 1.84. The van der Waals surface area contributed by atoms with Gasteiger partial charge in [0.25, 0.3) is 0 Å². The SMILES string of the molecule is CC(=O)C1(c2ccc(-c3ccc(Br)cc3C(=O)OC(C)(C)C)cc2)CC1. The van der Waals surface area contributed by atoms with Gasteiger partial charge in [0.2, 0.25) is 0 Å². The van der Waals surface area contributed by atoms with Gasteiger partial charge in [-0.1, -0.05) is 46.3 Å². The van der Waals surface area contributed by atoms with Crippen molar-refractivity contribution in [1.82, 2.24) is 0 Å². The number of ether oxygens (including phenoxy) is 1. The Kier molecular flexibility index (Phi) is 4.82. The highest BCUT2D eigenvalue weighted by molar-refractivity contribution is 9.10. The second-order valence-electron chi connectivity index (χ2n) is 7.91. The smallest absolute Gasteiger partial charge is 0.339 e. The zero-order valence-corrected chi connectivity index (χ0v) is 17.1. The van der Waals surface area contributed by atoms with E-state index < -0.39 is 5.60 Å². The average Bonchev–Trinajstić information content (AvgIpc) is 3.35. The third kappa shape index (κ3) is 3.75. The van der Waals surface area contributed by atoms with Crippen LogP contribution in [0.2, 0.25) is 0 Å². The van der Waals surface area contributed by atoms with E-state index in [-0.39, 0.29) is 17.2 Å². The van der Waals surface area contributed by atoms with Crippen molar-refractivity contribution in [1.29, 1.82) is 0 Å². The molecular weight excluding hydrogens is 392 g/mol. The standard InChI is InChI=1S/C22H23BrO3/c1-14(24)22(11-12-22)16-7-5-15(6-8-16)18-10-9-17(23)13-19(18)20(25)26-21(2,3)4/h5-10,13H,11-12H2,1-4H3. The maximum atomic E-state index is 12.6. The Bertz CT molecular complexity index is 856. The molecule has 0 spiro atoms. The fraction of sp³-hybridized carbons (Fsp3) is 0.364. The summed E-state index contributed by atoms with van der Waals surface area (Å²) in [5.74, 6) is -0.122. The van der Waals surface area contributed by atoms with Gasteiger partial charge in [0.1, 0.15) is 11.4 Å². The minimum atomic E-state index is -0.555. The van der Waals surface area contributed by atoms with Crippen LogP contribution >= 0.6 is 15.9 Å². The van der Waals surface area contributed by atoms with E-state index in [0.717, 1.165) is 34.0 Å². The molecule has 0 bridgehead atoms. The lowest BCUT2D eigenvalue weighted by atomic mass is 9.90. The van der Waals surface area contributed by atoms with Crippen LogP contribution in [0.1, 0.15) is 56.5 Å². The van der Waals surface area contributed by atoms with Gasteiger partial charge in [0.15, 0.2) is 0 Å². The van der Waals surface area contributed by atoms with Gasteiger partial charge in [-0.2, -0.15) is 0 Å². The van der Waals surface area contributed by atoms with Gasteiger partial charge in [-0.05, 0) is 69.4 Å². The van der Waals surface area contributed by atoms with Crippen molar-refractivity contribution in [2.24, 2.45) is 0 Å². The van der Waals surface area contributed by atoms with E-state index in [4.69, 9.17) is 4.74 Å². The number of hydrogen-bond acceptors (Lipinski definition) is 3. The number of carbonyl (C=O) groups is 2. The number of esters is 1. The summed E-state index contributed by atoms with van der Waals surface area (Å²) in [5, 5.41) is 0. The number of Topliss-reactive ketones (excluding diaryl/α,β-unsaturated/α-hetero) is 1. The van der Waals surface area contributed by atoms with E-state index in [1.165, 1.54) is 0 Å². The second-order valence-corrected chi connectivity index (χ2v) is 8.82. The third-order valence-corrected chi connectivity index (χ3v) is 5.27. The van der Waals surface area contributed by atoms with Crippen molar-refractivity contribution in [3.05, 3.63) is 58.1 Å². The Hall–Kier alpha value is -1.94. The molecule has 136 valence electrons. The molecule has 0 N–H and O–H groups in total. The highest BCUT2D eigenvalue weighted by Crippen LogP contribution is 2.49. The van der Waals surface area contributed by atoms with E-state index in [0.29, 0.717) is 5.56 Å². The van der Waals surface area contributed by atoms with Gasteiger partial charge in [-0.15, -0.1) is 0 Å². The van der Waals surface area contributed by atoms with Gasteiger partial charge in [-0.3, -0.25) is 4.79 Å². The number of benzene rings is 2. The molecule has 2 aromatic rings. The molecule has 0 aliphatic heterocycles. The Morgan fingerprint density at radius 2 is 1.65 bits per heavy atom. The zero-order valence-electron chi connectivity index (χ0n) is 15.6. The Labute approximate surface area is 162 Å². The molecule has 3 rings (SSSR count). The number of hydrogen-bond donors (Lipinski definition) is 0. The first-order valence-electron chi connectivity index (χ1n) is 8.77. The summed E-state index contributed by atoms with van der Waals surface area (Å²) in [4.78, 5) is 24.6. The first kappa shape index (κ1) is 18.8. The predicted octanol–water partition coefficient (Wildman–Crippen LogP) is 5.69. The lowest BCUT2D eigenvalue weighted by molar-refractivity contribution is -0.119. The topological polar surface area (TPSA) is 43.4 Å². The maximum absolute atomic E-state index is 12.6. The quantitative estimate of drug-likeness (QED) is 0.603. The van der Waals surface area contributed by atoms with Crippen LogP contribution in [0.4, 0.5) is 0 Å². The van der Waals surface area contributed by atoms with Gasteiger partial charge in [0, 0.05) is 4.47 Å². The summed E-state index contributed by atoms with van der Waals surface area (Å²) >= 11 is 3.43. The summed E-state index contributed by atoms with van der Waals surface area (Å²) in [7, 11) is 0. The van der Waals surface area contributed by atoms with E-state index in [1.54, 1.807) is 13.0 Å². The maximum Gasteiger partial charge on any atom is 0.339 e. The van der Waals surface area contributed by atoms with Crippen LogP contribution in [0.3, 0.4) is 0 Å². The normalized spacial score (nSPS) is 15.4. The summed E-state index contributed by atoms with van der Waals surface area (Å²) in [5.41, 5.74) is 2.50. The van der Waals surface area contributed by atoms with E-state index in [9.17, 15) is 9.59 Å². The van der Waals surface area contributed by atoms with Gasteiger partial charge < -0.3 is 4.74 Å². The number of carbonyl (C=O) groups excluding carboxylic acids is 2. The Morgan fingerprint density at radius 1 is 1.04 bits per heavy atom. The average molecular weight is 415 g/mol. The zero-order chi connectivity index (χ0) is 19.1. The molecule has 0 radical (unpaired) electrons. The Morgan fingerprint density at radius 3 is 2.15 bits per heavy atom. The lowest BCUT2D eigenvalue weighted by Gasteiger charge is -2.21. The van der Waals surface area contributed by atoms with Crippen molar-refractivity contribution < 1.29 is 14.3 Å². The molecule has 0 amide bonds. The van der Waals surface area contributed by atoms with Crippen LogP contribution in [0.5, 0.6) is 0 Å². The monoisotopic (exact) mass is 414 g/mol. The molecule has 1 saturated carbocycles. The first-order chi connectivity index (χ1) is 12.1. The number of ketones is 1. The van der Waals surface area contributed by atoms with E-state index >= 15 is 0 Å². The Balaban J connectivity index is 1.97. The second kappa shape index (κ2) is 6.66. The molecule has 1 aliphatic carbocycles. The highest BCUT2D eigenvalue weighted by atomic mass is 79.9. The van der Waals surface area contributed by atoms with Crippen LogP contribution in [0, 0.1) is 0 Å². The van der Waals surface area contributed by atoms with Crippen molar-refractivity contribution in [3.8, 4) is 11.1 Å². The molecule has 2 aromatic carbocycles. The fourth-order valence-corrected chi connectivity index (χ4v) is 3.57. The molecule has 1 aliphatic rings. The van der Waals surface area contributed by atoms with Crippen molar-refractivity contribution in [2.75, 3.05) is 0 Å². The minimum Gasteiger partial charge on any atom is -0.456 e. The summed E-state index contributed by atoms with van der Waals surface area (Å²) < 4.78 is 6.38. The molecule has 26 heavy (non-hydrogen) atoms. The fourth-order valence-electron chi connectivity index (χ4n) is 3.21. The number of halogens is 1. The molecular formula is C22H23BrO3. The first-order valence-corrected chi connectivity index (χ1v) is 9.56. The van der Waals surface area contributed by atoms with Crippen LogP contribution in [0.15, 0.2) is 46.9 Å². The van der Waals surface area contributed by atoms with Crippen molar-refractivity contribution >= 4 is 27.7 Å².